The Labute approximate surface area is 143 Å². The largest absolute Gasteiger partial charge is 0.327 e. The van der Waals surface area contributed by atoms with Crippen molar-refractivity contribution in [2.75, 3.05) is 0 Å². The lowest BCUT2D eigenvalue weighted by Gasteiger charge is -2.22. The van der Waals surface area contributed by atoms with E-state index < -0.39 is 10.0 Å². The maximum Gasteiger partial charge on any atom is 0.238 e. The number of fused-ring (bicyclic) bond motifs is 1. The van der Waals surface area contributed by atoms with E-state index >= 15 is 0 Å². The van der Waals surface area contributed by atoms with E-state index in [0.717, 1.165) is 30.4 Å². The average Bonchev–Trinajstić information content (AvgIpc) is 2.52. The van der Waals surface area contributed by atoms with Gasteiger partial charge >= 0.3 is 0 Å². The van der Waals surface area contributed by atoms with Gasteiger partial charge in [0.05, 0.1) is 4.90 Å². The zero-order valence-corrected chi connectivity index (χ0v) is 14.9. The molecule has 0 bridgehead atoms. The number of primary sulfonamides is 1. The summed E-state index contributed by atoms with van der Waals surface area (Å²) >= 11 is 0. The van der Waals surface area contributed by atoms with Gasteiger partial charge in [0.15, 0.2) is 0 Å². The van der Waals surface area contributed by atoms with Crippen LogP contribution in [0.1, 0.15) is 42.9 Å². The molecule has 0 amide bonds. The second kappa shape index (κ2) is 6.31. The highest BCUT2D eigenvalue weighted by Crippen LogP contribution is 2.33. The summed E-state index contributed by atoms with van der Waals surface area (Å²) in [5, 5.41) is 5.43. The molecule has 1 aliphatic carbocycles. The number of benzene rings is 2. The lowest BCUT2D eigenvalue weighted by Crippen LogP contribution is -2.27. The average molecular weight is 344 g/mol. The number of rotatable bonds is 3. The molecule has 4 nitrogen and oxygen atoms in total. The summed E-state index contributed by atoms with van der Waals surface area (Å²) in [5.41, 5.74) is 11.2. The number of aryl methyl sites for hydroxylation is 1. The Kier molecular flexibility index (Phi) is 4.51. The Hall–Kier alpha value is -1.69. The molecule has 128 valence electrons. The molecule has 2 aromatic rings. The number of hydrogen-bond acceptors (Lipinski definition) is 3. The first-order valence-electron chi connectivity index (χ1n) is 8.30. The molecule has 3 rings (SSSR count). The van der Waals surface area contributed by atoms with Crippen molar-refractivity contribution < 1.29 is 8.42 Å². The maximum atomic E-state index is 12.0. The van der Waals surface area contributed by atoms with Crippen molar-refractivity contribution in [3.8, 4) is 11.1 Å². The minimum absolute atomic E-state index is 0.180. The van der Waals surface area contributed by atoms with Crippen LogP contribution >= 0.6 is 0 Å². The second-order valence-electron chi connectivity index (χ2n) is 6.94. The number of nitrogens with two attached hydrogens (primary N) is 2. The van der Waals surface area contributed by atoms with Crippen molar-refractivity contribution in [2.24, 2.45) is 10.9 Å². The van der Waals surface area contributed by atoms with Crippen LogP contribution in [0, 0.1) is 0 Å². The van der Waals surface area contributed by atoms with E-state index in [-0.39, 0.29) is 10.9 Å². The molecule has 0 aliphatic heterocycles. The molecule has 0 fully saturated rings. The molecule has 2 aromatic carbocycles. The summed E-state index contributed by atoms with van der Waals surface area (Å²) in [6.45, 7) is 4.17. The summed E-state index contributed by atoms with van der Waals surface area (Å²) in [7, 11) is -3.77. The molecule has 4 N–H and O–H groups in total. The van der Waals surface area contributed by atoms with Gasteiger partial charge in [0, 0.05) is 11.6 Å². The van der Waals surface area contributed by atoms with Gasteiger partial charge in [-0.25, -0.2) is 13.6 Å². The van der Waals surface area contributed by atoms with Gasteiger partial charge < -0.3 is 5.73 Å². The van der Waals surface area contributed by atoms with Crippen LogP contribution in [0.15, 0.2) is 41.3 Å². The molecular weight excluding hydrogens is 320 g/mol. The lowest BCUT2D eigenvalue weighted by atomic mass is 9.86. The predicted octanol–water partition coefficient (Wildman–Crippen LogP) is 2.94. The molecule has 0 heterocycles. The fraction of sp³-hybridized carbons (Fsp3) is 0.368. The zero-order chi connectivity index (χ0) is 17.5. The van der Waals surface area contributed by atoms with Crippen LogP contribution < -0.4 is 10.9 Å². The quantitative estimate of drug-likeness (QED) is 0.897. The van der Waals surface area contributed by atoms with E-state index in [2.05, 4.69) is 26.0 Å². The van der Waals surface area contributed by atoms with Crippen LogP contribution in [-0.2, 0) is 22.9 Å². The van der Waals surface area contributed by atoms with Gasteiger partial charge in [-0.05, 0) is 59.6 Å². The van der Waals surface area contributed by atoms with Crippen LogP contribution in [-0.4, -0.2) is 14.5 Å². The molecule has 24 heavy (non-hydrogen) atoms. The standard InChI is InChI=1S/C19H24N2O2S/c1-12(2)13-6-8-19(24(21,22)23)18(11-13)16-4-3-15-10-17(20)7-5-14(15)9-16/h3-4,6,8-9,11-12,17H,5,7,10,20H2,1-2H3,(H2,21,22,23)/t17-/m0/s1. The number of sulfonamides is 1. The highest BCUT2D eigenvalue weighted by Gasteiger charge is 2.20. The van der Waals surface area contributed by atoms with Gasteiger partial charge in [-0.1, -0.05) is 38.1 Å². The van der Waals surface area contributed by atoms with Crippen molar-refractivity contribution in [3.05, 3.63) is 53.1 Å². The van der Waals surface area contributed by atoms with Crippen molar-refractivity contribution in [2.45, 2.75) is 50.0 Å². The molecule has 0 saturated heterocycles. The van der Waals surface area contributed by atoms with E-state index in [1.54, 1.807) is 6.07 Å². The van der Waals surface area contributed by atoms with Gasteiger partial charge in [0.2, 0.25) is 10.0 Å². The molecule has 1 aliphatic rings. The van der Waals surface area contributed by atoms with Crippen LogP contribution in [0.5, 0.6) is 0 Å². The minimum Gasteiger partial charge on any atom is -0.327 e. The minimum atomic E-state index is -3.77. The topological polar surface area (TPSA) is 86.2 Å². The molecule has 0 unspecified atom stereocenters. The van der Waals surface area contributed by atoms with Crippen LogP contribution in [0.3, 0.4) is 0 Å². The summed E-state index contributed by atoms with van der Waals surface area (Å²) in [5.74, 6) is 0.314. The van der Waals surface area contributed by atoms with Gasteiger partial charge in [-0.15, -0.1) is 0 Å². The fourth-order valence-corrected chi connectivity index (χ4v) is 4.07. The first-order chi connectivity index (χ1) is 11.3. The number of hydrogen-bond donors (Lipinski definition) is 2. The molecule has 0 aromatic heterocycles. The Balaban J connectivity index is 2.16. The third-order valence-electron chi connectivity index (χ3n) is 4.76. The second-order valence-corrected chi connectivity index (χ2v) is 8.47. The van der Waals surface area contributed by atoms with E-state index in [1.165, 1.54) is 11.1 Å². The van der Waals surface area contributed by atoms with Crippen molar-refractivity contribution in [1.82, 2.24) is 0 Å². The van der Waals surface area contributed by atoms with Crippen molar-refractivity contribution in [3.63, 3.8) is 0 Å². The Morgan fingerprint density at radius 1 is 1.08 bits per heavy atom. The Morgan fingerprint density at radius 2 is 1.83 bits per heavy atom. The van der Waals surface area contributed by atoms with Crippen molar-refractivity contribution >= 4 is 10.0 Å². The maximum absolute atomic E-state index is 12.0. The molecular formula is C19H24N2O2S. The molecule has 0 radical (unpaired) electrons. The monoisotopic (exact) mass is 344 g/mol. The summed E-state index contributed by atoms with van der Waals surface area (Å²) in [6.07, 6.45) is 2.77. The fourth-order valence-electron chi connectivity index (χ4n) is 3.33. The summed E-state index contributed by atoms with van der Waals surface area (Å²) in [4.78, 5) is 0.180. The van der Waals surface area contributed by atoms with Gasteiger partial charge in [0.25, 0.3) is 0 Å². The lowest BCUT2D eigenvalue weighted by molar-refractivity contribution is 0.576. The van der Waals surface area contributed by atoms with E-state index in [4.69, 9.17) is 10.9 Å². The summed E-state index contributed by atoms with van der Waals surface area (Å²) < 4.78 is 24.0. The van der Waals surface area contributed by atoms with Crippen LogP contribution in [0.25, 0.3) is 11.1 Å². The summed E-state index contributed by atoms with van der Waals surface area (Å²) in [6, 6.07) is 11.8. The molecule has 1 atom stereocenters. The molecule has 0 saturated carbocycles. The normalized spacial score (nSPS) is 17.8. The third kappa shape index (κ3) is 3.38. The van der Waals surface area contributed by atoms with Gasteiger partial charge in [-0.2, -0.15) is 0 Å². The van der Waals surface area contributed by atoms with Crippen molar-refractivity contribution in [1.29, 1.82) is 0 Å². The molecule has 0 spiro atoms. The van der Waals surface area contributed by atoms with Gasteiger partial charge in [-0.3, -0.25) is 0 Å². The molecule has 5 heteroatoms. The highest BCUT2D eigenvalue weighted by molar-refractivity contribution is 7.89. The smallest absolute Gasteiger partial charge is 0.238 e. The third-order valence-corrected chi connectivity index (χ3v) is 5.73. The zero-order valence-electron chi connectivity index (χ0n) is 14.1. The Bertz CT molecular complexity index is 873. The van der Waals surface area contributed by atoms with Gasteiger partial charge in [0.1, 0.15) is 0 Å². The first-order valence-corrected chi connectivity index (χ1v) is 9.85. The predicted molar refractivity (Wildman–Crippen MR) is 97.3 cm³/mol. The SMILES string of the molecule is CC(C)c1ccc(S(N)(=O)=O)c(-c2ccc3c(c2)CC[C@H](N)C3)c1. The first kappa shape index (κ1) is 17.1. The van der Waals surface area contributed by atoms with Crippen LogP contribution in [0.4, 0.5) is 0 Å². The van der Waals surface area contributed by atoms with E-state index in [9.17, 15) is 8.42 Å². The Morgan fingerprint density at radius 3 is 2.50 bits per heavy atom. The van der Waals surface area contributed by atoms with E-state index in [1.807, 2.05) is 18.2 Å². The van der Waals surface area contributed by atoms with Crippen LogP contribution in [0.2, 0.25) is 0 Å². The highest BCUT2D eigenvalue weighted by atomic mass is 32.2. The van der Waals surface area contributed by atoms with E-state index in [0.29, 0.717) is 11.5 Å².